The van der Waals surface area contributed by atoms with Crippen LogP contribution >= 0.6 is 0 Å². The number of aliphatic hydroxyl groups excluding tert-OH is 1. The van der Waals surface area contributed by atoms with E-state index in [-0.39, 0.29) is 17.7 Å². The van der Waals surface area contributed by atoms with Crippen molar-refractivity contribution < 1.29 is 9.84 Å². The van der Waals surface area contributed by atoms with Crippen molar-refractivity contribution in [2.75, 3.05) is 13.2 Å². The van der Waals surface area contributed by atoms with Crippen LogP contribution in [0.4, 0.5) is 0 Å². The lowest BCUT2D eigenvalue weighted by Crippen LogP contribution is -2.54. The zero-order valence-electron chi connectivity index (χ0n) is 10.8. The first-order chi connectivity index (χ1) is 8.03. The number of likely N-dealkylation sites (N-methyl/N-ethyl adjacent to an activating group) is 1. The Morgan fingerprint density at radius 1 is 1.35 bits per heavy atom. The van der Waals surface area contributed by atoms with Crippen LogP contribution in [0.25, 0.3) is 0 Å². The van der Waals surface area contributed by atoms with Crippen LogP contribution in [0.15, 0.2) is 24.3 Å². The van der Waals surface area contributed by atoms with Crippen LogP contribution in [-0.2, 0) is 5.54 Å². The number of benzene rings is 1. The van der Waals surface area contributed by atoms with Crippen LogP contribution in [0.3, 0.4) is 0 Å². The van der Waals surface area contributed by atoms with Crippen LogP contribution in [0, 0.1) is 0 Å². The van der Waals surface area contributed by atoms with Crippen LogP contribution in [0.1, 0.15) is 32.8 Å². The van der Waals surface area contributed by atoms with Crippen molar-refractivity contribution in [3.63, 3.8) is 0 Å². The number of nitrogens with one attached hydrogen (secondary N) is 1. The summed E-state index contributed by atoms with van der Waals surface area (Å²) in [7, 11) is 0. The van der Waals surface area contributed by atoms with Gasteiger partial charge >= 0.3 is 0 Å². The number of fused-ring (bicyclic) bond motifs is 1. The Hall–Kier alpha value is -1.06. The Morgan fingerprint density at radius 2 is 2.06 bits per heavy atom. The smallest absolute Gasteiger partial charge is 0.125 e. The number of rotatable bonds is 3. The van der Waals surface area contributed by atoms with Gasteiger partial charge in [0.05, 0.1) is 12.1 Å². The van der Waals surface area contributed by atoms with Gasteiger partial charge in [0.1, 0.15) is 11.4 Å². The van der Waals surface area contributed by atoms with E-state index >= 15 is 0 Å². The first kappa shape index (κ1) is 12.4. The van der Waals surface area contributed by atoms with Gasteiger partial charge in [-0.15, -0.1) is 0 Å². The van der Waals surface area contributed by atoms with E-state index in [9.17, 15) is 5.11 Å². The molecule has 1 aliphatic rings. The summed E-state index contributed by atoms with van der Waals surface area (Å²) in [6.45, 7) is 7.09. The molecule has 1 aliphatic heterocycles. The molecule has 0 saturated carbocycles. The molecule has 2 rings (SSSR count). The van der Waals surface area contributed by atoms with Crippen LogP contribution < -0.4 is 10.1 Å². The predicted molar refractivity (Wildman–Crippen MR) is 68.2 cm³/mol. The van der Waals surface area contributed by atoms with Crippen LogP contribution in [0.5, 0.6) is 5.75 Å². The maximum absolute atomic E-state index is 9.83. The second kappa shape index (κ2) is 4.31. The largest absolute Gasteiger partial charge is 0.487 e. The minimum absolute atomic E-state index is 0.0879. The summed E-state index contributed by atoms with van der Waals surface area (Å²) in [5.74, 6) is 0.874. The average molecular weight is 235 g/mol. The van der Waals surface area contributed by atoms with E-state index in [4.69, 9.17) is 4.74 Å². The quantitative estimate of drug-likeness (QED) is 0.842. The van der Waals surface area contributed by atoms with Crippen molar-refractivity contribution in [1.82, 2.24) is 5.32 Å². The lowest BCUT2D eigenvalue weighted by Gasteiger charge is -2.45. The molecule has 0 saturated heterocycles. The lowest BCUT2D eigenvalue weighted by atomic mass is 9.78. The summed E-state index contributed by atoms with van der Waals surface area (Å²) in [6, 6.07) is 7.96. The molecule has 0 spiro atoms. The normalized spacial score (nSPS) is 26.1. The van der Waals surface area contributed by atoms with Crippen LogP contribution in [0.2, 0.25) is 0 Å². The van der Waals surface area contributed by atoms with Gasteiger partial charge in [0, 0.05) is 12.0 Å². The standard InChI is InChI=1S/C14H21NO2/c1-4-15-14(10-16)9-13(2,3)17-12-8-6-5-7-11(12)14/h5-8,15-16H,4,9-10H2,1-3H3. The van der Waals surface area contributed by atoms with E-state index in [0.29, 0.717) is 0 Å². The fourth-order valence-corrected chi connectivity index (χ4v) is 2.80. The summed E-state index contributed by atoms with van der Waals surface area (Å²) in [6.07, 6.45) is 0.765. The molecule has 1 atom stereocenters. The molecule has 0 amide bonds. The molecule has 0 aliphatic carbocycles. The Labute approximate surface area is 103 Å². The van der Waals surface area contributed by atoms with Crippen molar-refractivity contribution in [1.29, 1.82) is 0 Å². The van der Waals surface area contributed by atoms with E-state index in [2.05, 4.69) is 26.1 Å². The molecule has 94 valence electrons. The molecule has 2 N–H and O–H groups in total. The van der Waals surface area contributed by atoms with Gasteiger partial charge in [-0.1, -0.05) is 25.1 Å². The first-order valence-electron chi connectivity index (χ1n) is 6.17. The van der Waals surface area contributed by atoms with E-state index in [1.54, 1.807) is 0 Å². The Kier molecular flexibility index (Phi) is 3.15. The Morgan fingerprint density at radius 3 is 2.71 bits per heavy atom. The number of hydrogen-bond acceptors (Lipinski definition) is 3. The fraction of sp³-hybridized carbons (Fsp3) is 0.571. The molecule has 3 nitrogen and oxygen atoms in total. The molecule has 0 radical (unpaired) electrons. The van der Waals surface area contributed by atoms with Gasteiger partial charge in [0.2, 0.25) is 0 Å². The summed E-state index contributed by atoms with van der Waals surface area (Å²) in [5, 5.41) is 13.3. The summed E-state index contributed by atoms with van der Waals surface area (Å²) in [4.78, 5) is 0. The van der Waals surface area contributed by atoms with E-state index in [0.717, 1.165) is 24.3 Å². The molecule has 1 unspecified atom stereocenters. The molecule has 0 fully saturated rings. The summed E-state index contributed by atoms with van der Waals surface area (Å²) >= 11 is 0. The Balaban J connectivity index is 2.51. The minimum Gasteiger partial charge on any atom is -0.487 e. The third kappa shape index (κ3) is 2.17. The first-order valence-corrected chi connectivity index (χ1v) is 6.17. The monoisotopic (exact) mass is 235 g/mol. The van der Waals surface area contributed by atoms with Gasteiger partial charge in [0.25, 0.3) is 0 Å². The minimum atomic E-state index is -0.382. The molecule has 3 heteroatoms. The third-order valence-electron chi connectivity index (χ3n) is 3.30. The second-order valence-corrected chi connectivity index (χ2v) is 5.31. The van der Waals surface area contributed by atoms with Gasteiger partial charge < -0.3 is 15.2 Å². The maximum Gasteiger partial charge on any atom is 0.125 e. The van der Waals surface area contributed by atoms with Gasteiger partial charge in [-0.05, 0) is 26.5 Å². The fourth-order valence-electron chi connectivity index (χ4n) is 2.80. The van der Waals surface area contributed by atoms with E-state index in [1.165, 1.54) is 0 Å². The van der Waals surface area contributed by atoms with Crippen molar-refractivity contribution in [3.8, 4) is 5.75 Å². The maximum atomic E-state index is 9.83. The molecule has 1 aromatic carbocycles. The number of para-hydroxylation sites is 1. The average Bonchev–Trinajstić information content (AvgIpc) is 2.28. The highest BCUT2D eigenvalue weighted by molar-refractivity contribution is 5.42. The van der Waals surface area contributed by atoms with Crippen molar-refractivity contribution in [2.24, 2.45) is 0 Å². The summed E-state index contributed by atoms with van der Waals surface area (Å²) < 4.78 is 5.97. The molecule has 1 aromatic rings. The third-order valence-corrected chi connectivity index (χ3v) is 3.30. The Bertz CT molecular complexity index is 403. The van der Waals surface area contributed by atoms with Crippen molar-refractivity contribution >= 4 is 0 Å². The zero-order chi connectivity index (χ0) is 12.5. The van der Waals surface area contributed by atoms with Gasteiger partial charge in [0.15, 0.2) is 0 Å². The number of ether oxygens (including phenoxy) is 1. The topological polar surface area (TPSA) is 41.5 Å². The molecule has 1 heterocycles. The molecule has 17 heavy (non-hydrogen) atoms. The zero-order valence-corrected chi connectivity index (χ0v) is 10.8. The van der Waals surface area contributed by atoms with Gasteiger partial charge in [-0.3, -0.25) is 0 Å². The van der Waals surface area contributed by atoms with E-state index < -0.39 is 0 Å². The van der Waals surface area contributed by atoms with Crippen molar-refractivity contribution in [2.45, 2.75) is 38.3 Å². The number of hydrogen-bond donors (Lipinski definition) is 2. The molecular weight excluding hydrogens is 214 g/mol. The number of aliphatic hydroxyl groups is 1. The van der Waals surface area contributed by atoms with Crippen LogP contribution in [-0.4, -0.2) is 23.9 Å². The molecule has 0 aromatic heterocycles. The predicted octanol–water partition coefficient (Wildman–Crippen LogP) is 2.04. The highest BCUT2D eigenvalue weighted by atomic mass is 16.5. The highest BCUT2D eigenvalue weighted by Gasteiger charge is 2.44. The lowest BCUT2D eigenvalue weighted by molar-refractivity contribution is 0.00962. The SMILES string of the molecule is CCNC1(CO)CC(C)(C)Oc2ccccc21. The van der Waals surface area contributed by atoms with Gasteiger partial charge in [-0.2, -0.15) is 0 Å². The van der Waals surface area contributed by atoms with Gasteiger partial charge in [-0.25, -0.2) is 0 Å². The molecular formula is C14H21NO2. The van der Waals surface area contributed by atoms with E-state index in [1.807, 2.05) is 24.3 Å². The van der Waals surface area contributed by atoms with Crippen molar-refractivity contribution in [3.05, 3.63) is 29.8 Å². The molecule has 0 bridgehead atoms. The summed E-state index contributed by atoms with van der Waals surface area (Å²) in [5.41, 5.74) is 0.412. The second-order valence-electron chi connectivity index (χ2n) is 5.31. The highest BCUT2D eigenvalue weighted by Crippen LogP contribution is 2.43.